The first-order chi connectivity index (χ1) is 4.01. The van der Waals surface area contributed by atoms with Crippen LogP contribution >= 0.6 is 0 Å². The standard InChI is InChI=1S/C6H12O2S/c1-5(2)6-3-9(7,8)4-6/h5-6H,3-4H2,1-2H3. The average Bonchev–Trinajstić information content (AvgIpc) is 1.59. The van der Waals surface area contributed by atoms with E-state index in [-0.39, 0.29) is 0 Å². The van der Waals surface area contributed by atoms with Gasteiger partial charge < -0.3 is 0 Å². The van der Waals surface area contributed by atoms with Crippen LogP contribution in [0.25, 0.3) is 0 Å². The molecule has 1 rings (SSSR count). The van der Waals surface area contributed by atoms with Gasteiger partial charge in [-0.1, -0.05) is 13.8 Å². The van der Waals surface area contributed by atoms with Crippen molar-refractivity contribution in [2.75, 3.05) is 11.5 Å². The highest BCUT2D eigenvalue weighted by atomic mass is 32.2. The van der Waals surface area contributed by atoms with Crippen molar-refractivity contribution in [2.45, 2.75) is 13.8 Å². The van der Waals surface area contributed by atoms with Crippen molar-refractivity contribution in [3.63, 3.8) is 0 Å². The first-order valence-electron chi connectivity index (χ1n) is 3.22. The summed E-state index contributed by atoms with van der Waals surface area (Å²) in [5.74, 6) is 1.82. The van der Waals surface area contributed by atoms with Crippen LogP contribution < -0.4 is 0 Å². The summed E-state index contributed by atoms with van der Waals surface area (Å²) in [5.41, 5.74) is 0. The van der Waals surface area contributed by atoms with Crippen molar-refractivity contribution in [3.8, 4) is 0 Å². The lowest BCUT2D eigenvalue weighted by atomic mass is 10.00. The monoisotopic (exact) mass is 148 g/mol. The van der Waals surface area contributed by atoms with Crippen LogP contribution in [0.15, 0.2) is 0 Å². The van der Waals surface area contributed by atoms with E-state index < -0.39 is 9.84 Å². The quantitative estimate of drug-likeness (QED) is 0.548. The Hall–Kier alpha value is -0.0500. The summed E-state index contributed by atoms with van der Waals surface area (Å²) in [4.78, 5) is 0. The molecule has 0 aromatic heterocycles. The second-order valence-corrected chi connectivity index (χ2v) is 5.23. The van der Waals surface area contributed by atoms with Gasteiger partial charge in [0.25, 0.3) is 0 Å². The van der Waals surface area contributed by atoms with Crippen molar-refractivity contribution >= 4 is 9.84 Å². The van der Waals surface area contributed by atoms with Crippen LogP contribution in [0.3, 0.4) is 0 Å². The first-order valence-corrected chi connectivity index (χ1v) is 5.04. The molecule has 0 N–H and O–H groups in total. The van der Waals surface area contributed by atoms with Gasteiger partial charge in [0.15, 0.2) is 9.84 Å². The highest BCUT2D eigenvalue weighted by Gasteiger charge is 2.34. The van der Waals surface area contributed by atoms with Crippen molar-refractivity contribution in [1.29, 1.82) is 0 Å². The highest BCUT2D eigenvalue weighted by Crippen LogP contribution is 2.24. The van der Waals surface area contributed by atoms with Crippen LogP contribution in [0.5, 0.6) is 0 Å². The van der Waals surface area contributed by atoms with E-state index in [4.69, 9.17) is 0 Å². The normalized spacial score (nSPS) is 26.1. The van der Waals surface area contributed by atoms with Crippen molar-refractivity contribution in [3.05, 3.63) is 0 Å². The van der Waals surface area contributed by atoms with Gasteiger partial charge in [-0.2, -0.15) is 0 Å². The smallest absolute Gasteiger partial charge is 0.150 e. The van der Waals surface area contributed by atoms with Crippen molar-refractivity contribution in [1.82, 2.24) is 0 Å². The van der Waals surface area contributed by atoms with Crippen LogP contribution in [0, 0.1) is 11.8 Å². The van der Waals surface area contributed by atoms with Crippen LogP contribution in [0.2, 0.25) is 0 Å². The zero-order valence-electron chi connectivity index (χ0n) is 5.79. The molecule has 1 aliphatic heterocycles. The fourth-order valence-electron chi connectivity index (χ4n) is 0.988. The van der Waals surface area contributed by atoms with E-state index in [1.165, 1.54) is 0 Å². The Balaban J connectivity index is 2.45. The molecular weight excluding hydrogens is 136 g/mol. The molecule has 0 aromatic carbocycles. The second-order valence-electron chi connectivity index (χ2n) is 3.08. The molecule has 1 heterocycles. The molecule has 0 unspecified atom stereocenters. The van der Waals surface area contributed by atoms with Gasteiger partial charge >= 0.3 is 0 Å². The lowest BCUT2D eigenvalue weighted by Gasteiger charge is -2.28. The van der Waals surface area contributed by atoms with E-state index in [0.717, 1.165) is 0 Å². The second kappa shape index (κ2) is 1.97. The third-order valence-corrected chi connectivity index (χ3v) is 3.75. The molecule has 0 bridgehead atoms. The van der Waals surface area contributed by atoms with E-state index in [9.17, 15) is 8.42 Å². The largest absolute Gasteiger partial charge is 0.229 e. The van der Waals surface area contributed by atoms with Gasteiger partial charge in [-0.25, -0.2) is 8.42 Å². The summed E-state index contributed by atoms with van der Waals surface area (Å²) in [7, 11) is -2.58. The Morgan fingerprint density at radius 1 is 1.33 bits per heavy atom. The molecule has 0 aromatic rings. The zero-order valence-corrected chi connectivity index (χ0v) is 6.61. The average molecular weight is 148 g/mol. The summed E-state index contributed by atoms with van der Waals surface area (Å²) in [6, 6.07) is 0. The summed E-state index contributed by atoms with van der Waals surface area (Å²) >= 11 is 0. The van der Waals surface area contributed by atoms with Crippen molar-refractivity contribution in [2.24, 2.45) is 11.8 Å². The Kier molecular flexibility index (Phi) is 1.55. The molecule has 0 amide bonds. The Morgan fingerprint density at radius 3 is 1.89 bits per heavy atom. The highest BCUT2D eigenvalue weighted by molar-refractivity contribution is 7.92. The molecule has 54 valence electrons. The van der Waals surface area contributed by atoms with Gasteiger partial charge in [0.2, 0.25) is 0 Å². The minimum absolute atomic E-state index is 0.421. The van der Waals surface area contributed by atoms with Crippen LogP contribution in [-0.4, -0.2) is 19.9 Å². The van der Waals surface area contributed by atoms with E-state index in [1.807, 2.05) is 0 Å². The van der Waals surface area contributed by atoms with Gasteiger partial charge in [-0.15, -0.1) is 0 Å². The number of hydrogen-bond acceptors (Lipinski definition) is 2. The molecule has 3 heteroatoms. The molecule has 0 aliphatic carbocycles. The molecule has 0 saturated carbocycles. The minimum atomic E-state index is -2.58. The fraction of sp³-hybridized carbons (Fsp3) is 1.00. The van der Waals surface area contributed by atoms with Gasteiger partial charge in [-0.3, -0.25) is 0 Å². The maximum atomic E-state index is 10.6. The third kappa shape index (κ3) is 1.45. The SMILES string of the molecule is CC(C)C1CS(=O)(=O)C1. The molecule has 0 radical (unpaired) electrons. The number of sulfone groups is 1. The molecule has 2 nitrogen and oxygen atoms in total. The lowest BCUT2D eigenvalue weighted by molar-refractivity contribution is 0.416. The molecule has 1 fully saturated rings. The molecule has 1 aliphatic rings. The Bertz CT molecular complexity index is 179. The molecular formula is C6H12O2S. The molecule has 0 spiro atoms. The lowest BCUT2D eigenvalue weighted by Crippen LogP contribution is -2.39. The summed E-state index contributed by atoms with van der Waals surface area (Å²) in [5, 5.41) is 0. The summed E-state index contributed by atoms with van der Waals surface area (Å²) in [6.07, 6.45) is 0. The molecule has 9 heavy (non-hydrogen) atoms. The predicted octanol–water partition coefficient (Wildman–Crippen LogP) is 0.687. The summed E-state index contributed by atoms with van der Waals surface area (Å²) in [6.45, 7) is 4.14. The van der Waals surface area contributed by atoms with Crippen molar-refractivity contribution < 1.29 is 8.42 Å². The van der Waals surface area contributed by atoms with E-state index in [0.29, 0.717) is 23.3 Å². The Labute approximate surface area is 56.2 Å². The van der Waals surface area contributed by atoms with E-state index in [2.05, 4.69) is 13.8 Å². The van der Waals surface area contributed by atoms with Crippen LogP contribution in [0.4, 0.5) is 0 Å². The first kappa shape index (κ1) is 7.06. The molecule has 1 saturated heterocycles. The maximum absolute atomic E-state index is 10.6. The zero-order chi connectivity index (χ0) is 7.07. The van der Waals surface area contributed by atoms with Crippen LogP contribution in [0.1, 0.15) is 13.8 Å². The maximum Gasteiger partial charge on any atom is 0.150 e. The van der Waals surface area contributed by atoms with Gasteiger partial charge in [-0.05, 0) is 11.8 Å². The molecule has 0 atom stereocenters. The van der Waals surface area contributed by atoms with Gasteiger partial charge in [0.1, 0.15) is 0 Å². The topological polar surface area (TPSA) is 34.1 Å². The third-order valence-electron chi connectivity index (χ3n) is 1.88. The van der Waals surface area contributed by atoms with Crippen LogP contribution in [-0.2, 0) is 9.84 Å². The summed E-state index contributed by atoms with van der Waals surface area (Å²) < 4.78 is 21.2. The van der Waals surface area contributed by atoms with Gasteiger partial charge in [0.05, 0.1) is 11.5 Å². The minimum Gasteiger partial charge on any atom is -0.229 e. The Morgan fingerprint density at radius 2 is 1.78 bits per heavy atom. The number of rotatable bonds is 1. The number of hydrogen-bond donors (Lipinski definition) is 0. The van der Waals surface area contributed by atoms with Gasteiger partial charge in [0, 0.05) is 0 Å². The van der Waals surface area contributed by atoms with E-state index in [1.54, 1.807) is 0 Å². The predicted molar refractivity (Wildman–Crippen MR) is 37.0 cm³/mol. The van der Waals surface area contributed by atoms with E-state index >= 15 is 0 Å². The fourth-order valence-corrected chi connectivity index (χ4v) is 2.97.